The third kappa shape index (κ3) is 5.89. The van der Waals surface area contributed by atoms with Crippen molar-refractivity contribution in [2.45, 2.75) is 33.0 Å². The number of urea groups is 1. The molecule has 1 unspecified atom stereocenters. The van der Waals surface area contributed by atoms with Crippen molar-refractivity contribution in [1.82, 2.24) is 25.6 Å². The molecule has 1 aromatic heterocycles. The number of ether oxygens (including phenoxy) is 1. The van der Waals surface area contributed by atoms with Gasteiger partial charge in [-0.15, -0.1) is 5.10 Å². The van der Waals surface area contributed by atoms with Crippen LogP contribution in [-0.4, -0.2) is 50.7 Å². The Morgan fingerprint density at radius 2 is 2.19 bits per heavy atom. The smallest absolute Gasteiger partial charge is 0.328 e. The third-order valence-corrected chi connectivity index (χ3v) is 2.30. The van der Waals surface area contributed by atoms with E-state index in [0.29, 0.717) is 5.69 Å². The molecule has 10 heteroatoms. The first kappa shape index (κ1) is 16.4. The predicted octanol–water partition coefficient (Wildman–Crippen LogP) is -0.886. The van der Waals surface area contributed by atoms with Crippen LogP contribution in [0.1, 0.15) is 19.5 Å². The molecule has 0 saturated heterocycles. The van der Waals surface area contributed by atoms with Gasteiger partial charge in [0.05, 0.1) is 19.3 Å². The summed E-state index contributed by atoms with van der Waals surface area (Å²) in [5.41, 5.74) is 0.398. The number of amides is 2. The van der Waals surface area contributed by atoms with Gasteiger partial charge in [-0.05, 0) is 13.8 Å². The van der Waals surface area contributed by atoms with E-state index in [4.69, 9.17) is 9.84 Å². The van der Waals surface area contributed by atoms with Crippen molar-refractivity contribution in [3.05, 3.63) is 11.9 Å². The van der Waals surface area contributed by atoms with Crippen molar-refractivity contribution >= 4 is 18.0 Å². The average molecular weight is 299 g/mol. The van der Waals surface area contributed by atoms with Crippen molar-refractivity contribution in [3.8, 4) is 0 Å². The quantitative estimate of drug-likeness (QED) is 0.556. The van der Waals surface area contributed by atoms with Crippen molar-refractivity contribution < 1.29 is 24.2 Å². The van der Waals surface area contributed by atoms with E-state index >= 15 is 0 Å². The summed E-state index contributed by atoms with van der Waals surface area (Å²) < 4.78 is 5.88. The predicted molar refractivity (Wildman–Crippen MR) is 69.1 cm³/mol. The van der Waals surface area contributed by atoms with Crippen LogP contribution in [0.4, 0.5) is 4.79 Å². The van der Waals surface area contributed by atoms with Crippen LogP contribution >= 0.6 is 0 Å². The molecule has 10 nitrogen and oxygen atoms in total. The standard InChI is InChI=1S/C11H17N5O5/c1-3-21-10(19)7(2)13-11(20)12-4-8-5-16(15-14-8)6-9(17)18/h5,7H,3-4,6H2,1-2H3,(H,17,18)(H2,12,13,20). The molecule has 0 spiro atoms. The molecule has 2 amide bonds. The van der Waals surface area contributed by atoms with Crippen LogP contribution in [0.3, 0.4) is 0 Å². The fraction of sp³-hybridized carbons (Fsp3) is 0.545. The zero-order valence-electron chi connectivity index (χ0n) is 11.7. The first-order valence-corrected chi connectivity index (χ1v) is 6.24. The molecular formula is C11H17N5O5. The van der Waals surface area contributed by atoms with E-state index in [1.54, 1.807) is 6.92 Å². The molecule has 0 aliphatic rings. The Bertz CT molecular complexity index is 515. The number of esters is 1. The Morgan fingerprint density at radius 3 is 2.81 bits per heavy atom. The molecule has 0 aliphatic heterocycles. The largest absolute Gasteiger partial charge is 0.480 e. The number of hydrogen-bond donors (Lipinski definition) is 3. The van der Waals surface area contributed by atoms with Gasteiger partial charge in [0.2, 0.25) is 0 Å². The first-order chi connectivity index (χ1) is 9.92. The number of carbonyl (C=O) groups is 3. The fourth-order valence-corrected chi connectivity index (χ4v) is 1.38. The van der Waals surface area contributed by atoms with E-state index in [0.717, 1.165) is 4.68 Å². The summed E-state index contributed by atoms with van der Waals surface area (Å²) in [6.07, 6.45) is 1.41. The second-order valence-corrected chi connectivity index (χ2v) is 4.10. The molecule has 116 valence electrons. The molecule has 1 atom stereocenters. The van der Waals surface area contributed by atoms with Crippen LogP contribution in [-0.2, 0) is 27.4 Å². The highest BCUT2D eigenvalue weighted by atomic mass is 16.5. The summed E-state index contributed by atoms with van der Waals surface area (Å²) in [5, 5.41) is 20.7. The van der Waals surface area contributed by atoms with E-state index in [9.17, 15) is 14.4 Å². The van der Waals surface area contributed by atoms with E-state index < -0.39 is 24.0 Å². The highest BCUT2D eigenvalue weighted by Gasteiger charge is 2.16. The van der Waals surface area contributed by atoms with Crippen molar-refractivity contribution in [1.29, 1.82) is 0 Å². The van der Waals surface area contributed by atoms with Gasteiger partial charge >= 0.3 is 18.0 Å². The minimum Gasteiger partial charge on any atom is -0.480 e. The fourth-order valence-electron chi connectivity index (χ4n) is 1.38. The van der Waals surface area contributed by atoms with E-state index in [2.05, 4.69) is 20.9 Å². The summed E-state index contributed by atoms with van der Waals surface area (Å²) in [7, 11) is 0. The van der Waals surface area contributed by atoms with Gasteiger partial charge in [-0.1, -0.05) is 5.21 Å². The number of rotatable bonds is 7. The Labute approximate surface area is 120 Å². The number of nitrogens with zero attached hydrogens (tertiary/aromatic N) is 3. The van der Waals surface area contributed by atoms with Gasteiger partial charge in [0.15, 0.2) is 0 Å². The normalized spacial score (nSPS) is 11.5. The van der Waals surface area contributed by atoms with Crippen molar-refractivity contribution in [3.63, 3.8) is 0 Å². The molecule has 0 fully saturated rings. The second-order valence-electron chi connectivity index (χ2n) is 4.10. The monoisotopic (exact) mass is 299 g/mol. The lowest BCUT2D eigenvalue weighted by Crippen LogP contribution is -2.44. The number of carboxylic acids is 1. The summed E-state index contributed by atoms with van der Waals surface area (Å²) >= 11 is 0. The molecule has 0 aromatic carbocycles. The van der Waals surface area contributed by atoms with Crippen LogP contribution in [0.2, 0.25) is 0 Å². The van der Waals surface area contributed by atoms with Crippen LogP contribution in [0.15, 0.2) is 6.20 Å². The maximum absolute atomic E-state index is 11.5. The number of hydrogen-bond acceptors (Lipinski definition) is 6. The van der Waals surface area contributed by atoms with Gasteiger partial charge in [-0.3, -0.25) is 4.79 Å². The molecule has 0 radical (unpaired) electrons. The molecule has 0 aliphatic carbocycles. The molecule has 21 heavy (non-hydrogen) atoms. The molecule has 0 saturated carbocycles. The Hall–Kier alpha value is -2.65. The van der Waals surface area contributed by atoms with E-state index in [1.165, 1.54) is 13.1 Å². The van der Waals surface area contributed by atoms with Crippen LogP contribution in [0.25, 0.3) is 0 Å². The van der Waals surface area contributed by atoms with Crippen molar-refractivity contribution in [2.24, 2.45) is 0 Å². The SMILES string of the molecule is CCOC(=O)C(C)NC(=O)NCc1cn(CC(=O)O)nn1. The van der Waals surface area contributed by atoms with Crippen molar-refractivity contribution in [2.75, 3.05) is 6.61 Å². The lowest BCUT2D eigenvalue weighted by molar-refractivity contribution is -0.144. The molecule has 1 heterocycles. The number of aliphatic carboxylic acids is 1. The maximum atomic E-state index is 11.5. The minimum absolute atomic E-state index is 0.0565. The molecule has 1 rings (SSSR count). The molecule has 0 bridgehead atoms. The number of nitrogens with one attached hydrogen (secondary N) is 2. The minimum atomic E-state index is -1.04. The third-order valence-electron chi connectivity index (χ3n) is 2.30. The van der Waals surface area contributed by atoms with Gasteiger partial charge in [0.1, 0.15) is 18.3 Å². The van der Waals surface area contributed by atoms with E-state index in [1.807, 2.05) is 0 Å². The number of aromatic nitrogens is 3. The van der Waals surface area contributed by atoms with Gasteiger partial charge in [-0.2, -0.15) is 0 Å². The molecular weight excluding hydrogens is 282 g/mol. The van der Waals surface area contributed by atoms with Crippen LogP contribution in [0.5, 0.6) is 0 Å². The summed E-state index contributed by atoms with van der Waals surface area (Å²) in [4.78, 5) is 33.3. The van der Waals surface area contributed by atoms with Gasteiger partial charge in [0, 0.05) is 0 Å². The highest BCUT2D eigenvalue weighted by Crippen LogP contribution is 1.93. The second kappa shape index (κ2) is 7.82. The molecule has 3 N–H and O–H groups in total. The van der Waals surface area contributed by atoms with Gasteiger partial charge in [0.25, 0.3) is 0 Å². The lowest BCUT2D eigenvalue weighted by atomic mass is 10.3. The van der Waals surface area contributed by atoms with Crippen LogP contribution < -0.4 is 10.6 Å². The zero-order valence-corrected chi connectivity index (χ0v) is 11.7. The first-order valence-electron chi connectivity index (χ1n) is 6.24. The van der Waals surface area contributed by atoms with Crippen LogP contribution in [0, 0.1) is 0 Å². The Balaban J connectivity index is 2.37. The number of carbonyl (C=O) groups excluding carboxylic acids is 2. The lowest BCUT2D eigenvalue weighted by Gasteiger charge is -2.12. The Morgan fingerprint density at radius 1 is 1.48 bits per heavy atom. The number of carboxylic acid groups (broad SMARTS) is 1. The summed E-state index contributed by atoms with van der Waals surface area (Å²) in [6, 6.07) is -1.34. The highest BCUT2D eigenvalue weighted by molar-refractivity contribution is 5.83. The van der Waals surface area contributed by atoms with E-state index in [-0.39, 0.29) is 19.7 Å². The Kier molecular flexibility index (Phi) is 6.11. The average Bonchev–Trinajstić information content (AvgIpc) is 2.83. The van der Waals surface area contributed by atoms with Gasteiger partial charge < -0.3 is 20.5 Å². The zero-order chi connectivity index (χ0) is 15.8. The topological polar surface area (TPSA) is 135 Å². The summed E-state index contributed by atoms with van der Waals surface area (Å²) in [6.45, 7) is 3.16. The van der Waals surface area contributed by atoms with Gasteiger partial charge in [-0.25, -0.2) is 14.3 Å². The summed E-state index contributed by atoms with van der Waals surface area (Å²) in [5.74, 6) is -1.57. The molecule has 1 aromatic rings. The maximum Gasteiger partial charge on any atom is 0.328 e.